The van der Waals surface area contributed by atoms with Gasteiger partial charge in [0.1, 0.15) is 23.2 Å². The number of amides is 1. The van der Waals surface area contributed by atoms with Crippen LogP contribution in [0.15, 0.2) is 84.9 Å². The number of carboxylic acid groups (broad SMARTS) is 1. The van der Waals surface area contributed by atoms with Crippen molar-refractivity contribution in [3.63, 3.8) is 0 Å². The molecule has 0 radical (unpaired) electrons. The molecule has 0 saturated heterocycles. The summed E-state index contributed by atoms with van der Waals surface area (Å²) >= 11 is 1.47. The number of carbonyl (C=O) groups excluding carboxylic acids is 1. The van der Waals surface area contributed by atoms with E-state index in [2.05, 4.69) is 10.3 Å². The Kier molecular flexibility index (Phi) is 7.81. The summed E-state index contributed by atoms with van der Waals surface area (Å²) in [7, 11) is 0. The quantitative estimate of drug-likeness (QED) is 0.225. The molecule has 9 heteroatoms. The maximum Gasteiger partial charge on any atom is 0.328 e. The number of rotatable bonds is 10. The number of nitrogens with zero attached hydrogens (tertiary/aromatic N) is 1. The third kappa shape index (κ3) is 6.05. The Bertz CT molecular complexity index is 1610. The summed E-state index contributed by atoms with van der Waals surface area (Å²) in [5, 5.41) is 14.2. The molecular weight excluding hydrogens is 519 g/mol. The summed E-state index contributed by atoms with van der Waals surface area (Å²) in [6.07, 6.45) is -0.826. The molecule has 4 aromatic carbocycles. The van der Waals surface area contributed by atoms with Gasteiger partial charge in [-0.3, -0.25) is 4.79 Å². The lowest BCUT2D eigenvalue weighted by Gasteiger charge is -2.23. The monoisotopic (exact) mass is 544 g/mol. The van der Waals surface area contributed by atoms with Crippen LogP contribution in [0.25, 0.3) is 21.0 Å². The highest BCUT2D eigenvalue weighted by molar-refractivity contribution is 7.18. The zero-order valence-corrected chi connectivity index (χ0v) is 21.8. The largest absolute Gasteiger partial charge is 0.485 e. The fourth-order valence-electron chi connectivity index (χ4n) is 4.22. The molecule has 0 fully saturated rings. The van der Waals surface area contributed by atoms with Crippen LogP contribution in [0.1, 0.15) is 27.9 Å². The molecule has 1 unspecified atom stereocenters. The Hall–Kier alpha value is -4.34. The summed E-state index contributed by atoms with van der Waals surface area (Å²) < 4.78 is 26.8. The van der Waals surface area contributed by atoms with Crippen molar-refractivity contribution in [2.45, 2.75) is 32.3 Å². The van der Waals surface area contributed by atoms with E-state index in [9.17, 15) is 19.1 Å². The molecule has 0 saturated carbocycles. The third-order valence-corrected chi connectivity index (χ3v) is 7.24. The minimum Gasteiger partial charge on any atom is -0.485 e. The molecule has 39 heavy (non-hydrogen) atoms. The van der Waals surface area contributed by atoms with E-state index in [1.165, 1.54) is 35.6 Å². The van der Waals surface area contributed by atoms with Gasteiger partial charge in [-0.1, -0.05) is 48.5 Å². The Morgan fingerprint density at radius 3 is 2.54 bits per heavy atom. The second kappa shape index (κ2) is 11.6. The van der Waals surface area contributed by atoms with Crippen LogP contribution in [0.3, 0.4) is 0 Å². The number of aromatic nitrogens is 1. The second-order valence-electron chi connectivity index (χ2n) is 8.96. The molecule has 0 aliphatic carbocycles. The van der Waals surface area contributed by atoms with Crippen LogP contribution in [-0.2, 0) is 22.7 Å². The Morgan fingerprint density at radius 1 is 1.00 bits per heavy atom. The summed E-state index contributed by atoms with van der Waals surface area (Å²) in [4.78, 5) is 30.1. The van der Waals surface area contributed by atoms with Crippen LogP contribution in [0, 0.1) is 5.82 Å². The van der Waals surface area contributed by atoms with Crippen molar-refractivity contribution in [1.82, 2.24) is 10.3 Å². The van der Waals surface area contributed by atoms with Crippen molar-refractivity contribution in [3.8, 4) is 5.75 Å². The van der Waals surface area contributed by atoms with E-state index < -0.39 is 29.8 Å². The van der Waals surface area contributed by atoms with Crippen LogP contribution < -0.4 is 10.1 Å². The van der Waals surface area contributed by atoms with E-state index in [0.29, 0.717) is 15.8 Å². The Labute approximate surface area is 227 Å². The Balaban J connectivity index is 1.40. The summed E-state index contributed by atoms with van der Waals surface area (Å²) in [6, 6.07) is 23.0. The van der Waals surface area contributed by atoms with Gasteiger partial charge < -0.3 is 19.9 Å². The zero-order valence-electron chi connectivity index (χ0n) is 21.0. The molecule has 2 atom stereocenters. The topological polar surface area (TPSA) is 97.8 Å². The number of halogens is 1. The van der Waals surface area contributed by atoms with Crippen molar-refractivity contribution in [1.29, 1.82) is 0 Å². The number of aliphatic carboxylic acids is 1. The van der Waals surface area contributed by atoms with Crippen LogP contribution in [0.4, 0.5) is 4.39 Å². The molecule has 1 aromatic heterocycles. The number of carbonyl (C=O) groups is 2. The average Bonchev–Trinajstić information content (AvgIpc) is 3.36. The van der Waals surface area contributed by atoms with Crippen molar-refractivity contribution in [2.75, 3.05) is 0 Å². The van der Waals surface area contributed by atoms with Gasteiger partial charge in [-0.05, 0) is 54.3 Å². The van der Waals surface area contributed by atoms with Gasteiger partial charge in [0.2, 0.25) is 0 Å². The predicted octanol–water partition coefficient (Wildman–Crippen LogP) is 5.96. The molecule has 2 N–H and O–H groups in total. The number of hydrogen-bond donors (Lipinski definition) is 2. The molecule has 1 heterocycles. The highest BCUT2D eigenvalue weighted by Crippen LogP contribution is 2.32. The number of carboxylic acids is 1. The number of thiazole rings is 1. The lowest BCUT2D eigenvalue weighted by Crippen LogP contribution is -2.48. The fourth-order valence-corrected chi connectivity index (χ4v) is 5.10. The third-order valence-electron chi connectivity index (χ3n) is 6.23. The first-order chi connectivity index (χ1) is 18.9. The first kappa shape index (κ1) is 26.3. The molecule has 0 spiro atoms. The Morgan fingerprint density at radius 2 is 1.77 bits per heavy atom. The van der Waals surface area contributed by atoms with Gasteiger partial charge in [-0.25, -0.2) is 14.2 Å². The predicted molar refractivity (Wildman–Crippen MR) is 147 cm³/mol. The van der Waals surface area contributed by atoms with Crippen LogP contribution in [0.5, 0.6) is 5.75 Å². The minimum absolute atomic E-state index is 0.0784. The lowest BCUT2D eigenvalue weighted by atomic mass is 10.0. The second-order valence-corrected chi connectivity index (χ2v) is 10.1. The number of fused-ring (bicyclic) bond motifs is 2. The highest BCUT2D eigenvalue weighted by atomic mass is 32.1. The van der Waals surface area contributed by atoms with E-state index in [0.717, 1.165) is 15.8 Å². The van der Waals surface area contributed by atoms with E-state index in [4.69, 9.17) is 9.47 Å². The normalized spacial score (nSPS) is 12.8. The highest BCUT2D eigenvalue weighted by Gasteiger charge is 2.29. The van der Waals surface area contributed by atoms with Crippen molar-refractivity contribution >= 4 is 44.2 Å². The number of para-hydroxylation sites is 1. The molecule has 0 aliphatic rings. The summed E-state index contributed by atoms with van der Waals surface area (Å²) in [5.41, 5.74) is 1.84. The van der Waals surface area contributed by atoms with Gasteiger partial charge in [0, 0.05) is 5.39 Å². The molecular formula is C30H25FN2O5S. The fraction of sp³-hybridized carbons (Fsp3) is 0.167. The van der Waals surface area contributed by atoms with Gasteiger partial charge in [-0.15, -0.1) is 11.3 Å². The molecule has 7 nitrogen and oxygen atoms in total. The van der Waals surface area contributed by atoms with Gasteiger partial charge in [0.05, 0.1) is 28.5 Å². The standard InChI is InChI=1S/C30H25FN2O5S/c1-18(37-16-19-7-3-2-4-8-19)27(30(35)36)33-29(34)23-13-11-20-15-21(31)12-14-22(20)28(23)38-17-26-32-24-9-5-6-10-25(24)39-26/h2-15,18,27H,16-17H2,1H3,(H,33,34)(H,35,36)/t18?,27-/m0/s1. The molecule has 1 amide bonds. The number of benzene rings is 4. The van der Waals surface area contributed by atoms with Gasteiger partial charge in [-0.2, -0.15) is 0 Å². The molecule has 198 valence electrons. The molecule has 5 aromatic rings. The van der Waals surface area contributed by atoms with Crippen molar-refractivity contribution in [3.05, 3.63) is 107 Å². The van der Waals surface area contributed by atoms with Crippen LogP contribution >= 0.6 is 11.3 Å². The van der Waals surface area contributed by atoms with E-state index >= 15 is 0 Å². The molecule has 5 rings (SSSR count). The molecule has 0 bridgehead atoms. The van der Waals surface area contributed by atoms with Gasteiger partial charge in [0.15, 0.2) is 6.04 Å². The first-order valence-electron chi connectivity index (χ1n) is 12.3. The maximum atomic E-state index is 13.9. The first-order valence-corrected chi connectivity index (χ1v) is 13.1. The number of hydrogen-bond acceptors (Lipinski definition) is 6. The van der Waals surface area contributed by atoms with Crippen LogP contribution in [0.2, 0.25) is 0 Å². The van der Waals surface area contributed by atoms with E-state index in [1.807, 2.05) is 54.6 Å². The van der Waals surface area contributed by atoms with Gasteiger partial charge >= 0.3 is 5.97 Å². The number of ether oxygens (including phenoxy) is 2. The van der Waals surface area contributed by atoms with Gasteiger partial charge in [0.25, 0.3) is 5.91 Å². The number of nitrogens with one attached hydrogen (secondary N) is 1. The lowest BCUT2D eigenvalue weighted by molar-refractivity contribution is -0.143. The van der Waals surface area contributed by atoms with Crippen molar-refractivity contribution in [2.24, 2.45) is 0 Å². The zero-order chi connectivity index (χ0) is 27.4. The summed E-state index contributed by atoms with van der Waals surface area (Å²) in [6.45, 7) is 1.87. The summed E-state index contributed by atoms with van der Waals surface area (Å²) in [5.74, 6) is -2.09. The average molecular weight is 545 g/mol. The smallest absolute Gasteiger partial charge is 0.328 e. The van der Waals surface area contributed by atoms with E-state index in [-0.39, 0.29) is 24.5 Å². The van der Waals surface area contributed by atoms with Crippen molar-refractivity contribution < 1.29 is 28.6 Å². The minimum atomic E-state index is -1.32. The molecule has 0 aliphatic heterocycles. The van der Waals surface area contributed by atoms with Crippen LogP contribution in [-0.4, -0.2) is 34.1 Å². The maximum absolute atomic E-state index is 13.9. The SMILES string of the molecule is CC(OCc1ccccc1)[C@H](NC(=O)c1ccc2cc(F)ccc2c1OCc1nc2ccccc2s1)C(=O)O. The van der Waals surface area contributed by atoms with E-state index in [1.54, 1.807) is 13.0 Å².